The van der Waals surface area contributed by atoms with E-state index in [9.17, 15) is 4.79 Å². The van der Waals surface area contributed by atoms with Gasteiger partial charge in [0.1, 0.15) is 6.54 Å². The van der Waals surface area contributed by atoms with Crippen LogP contribution in [-0.4, -0.2) is 10.5 Å². The van der Waals surface area contributed by atoms with Gasteiger partial charge in [-0.1, -0.05) is 23.8 Å². The summed E-state index contributed by atoms with van der Waals surface area (Å²) in [4.78, 5) is 12.3. The Hall–Kier alpha value is -3.06. The standard InChI is InChI=1S/C19H17N3O/c1-13-3-6-17(14(2)9-13)21-19(23)12-22-8-7-16-5-4-15(11-20)10-18(16)22/h3-10H,12H2,1-2H3,(H,21,23). The highest BCUT2D eigenvalue weighted by molar-refractivity contribution is 5.92. The van der Waals surface area contributed by atoms with Crippen molar-refractivity contribution in [3.8, 4) is 6.07 Å². The van der Waals surface area contributed by atoms with Crippen molar-refractivity contribution < 1.29 is 4.79 Å². The molecule has 23 heavy (non-hydrogen) atoms. The van der Waals surface area contributed by atoms with Crippen LogP contribution < -0.4 is 5.32 Å². The Bertz CT molecular complexity index is 931. The molecule has 1 heterocycles. The van der Waals surface area contributed by atoms with Gasteiger partial charge in [0.15, 0.2) is 0 Å². The van der Waals surface area contributed by atoms with Crippen molar-refractivity contribution >= 4 is 22.5 Å². The summed E-state index contributed by atoms with van der Waals surface area (Å²) >= 11 is 0. The molecular formula is C19H17N3O. The van der Waals surface area contributed by atoms with E-state index in [1.54, 1.807) is 12.1 Å². The Morgan fingerprint density at radius 1 is 1.17 bits per heavy atom. The highest BCUT2D eigenvalue weighted by Crippen LogP contribution is 2.19. The van der Waals surface area contributed by atoms with Crippen LogP contribution in [0.3, 0.4) is 0 Å². The molecule has 4 nitrogen and oxygen atoms in total. The lowest BCUT2D eigenvalue weighted by Crippen LogP contribution is -2.18. The molecule has 0 atom stereocenters. The number of hydrogen-bond donors (Lipinski definition) is 1. The van der Waals surface area contributed by atoms with E-state index in [0.29, 0.717) is 5.56 Å². The second-order valence-electron chi connectivity index (χ2n) is 5.70. The monoisotopic (exact) mass is 303 g/mol. The molecule has 0 spiro atoms. The third-order valence-electron chi connectivity index (χ3n) is 3.87. The Balaban J connectivity index is 1.81. The molecule has 0 fully saturated rings. The molecule has 0 saturated carbocycles. The molecule has 114 valence electrons. The lowest BCUT2D eigenvalue weighted by Gasteiger charge is -2.10. The van der Waals surface area contributed by atoms with Crippen molar-refractivity contribution in [2.45, 2.75) is 20.4 Å². The van der Waals surface area contributed by atoms with E-state index >= 15 is 0 Å². The number of aryl methyl sites for hydroxylation is 2. The number of carbonyl (C=O) groups is 1. The Morgan fingerprint density at radius 3 is 2.74 bits per heavy atom. The fraction of sp³-hybridized carbons (Fsp3) is 0.158. The lowest BCUT2D eigenvalue weighted by atomic mass is 10.1. The van der Waals surface area contributed by atoms with E-state index in [2.05, 4.69) is 11.4 Å². The van der Waals surface area contributed by atoms with Crippen LogP contribution in [0.4, 0.5) is 5.69 Å². The highest BCUT2D eigenvalue weighted by Gasteiger charge is 2.09. The molecule has 3 rings (SSSR count). The van der Waals surface area contributed by atoms with Crippen LogP contribution >= 0.6 is 0 Å². The van der Waals surface area contributed by atoms with E-state index in [-0.39, 0.29) is 12.5 Å². The molecule has 2 aromatic carbocycles. The zero-order valence-corrected chi connectivity index (χ0v) is 13.1. The van der Waals surface area contributed by atoms with Gasteiger partial charge in [-0.05, 0) is 49.1 Å². The van der Waals surface area contributed by atoms with Crippen molar-refractivity contribution in [1.29, 1.82) is 5.26 Å². The summed E-state index contributed by atoms with van der Waals surface area (Å²) in [5.41, 5.74) is 4.52. The van der Waals surface area contributed by atoms with Gasteiger partial charge in [-0.25, -0.2) is 0 Å². The number of hydrogen-bond acceptors (Lipinski definition) is 2. The first-order chi connectivity index (χ1) is 11.1. The average Bonchev–Trinajstić information content (AvgIpc) is 2.92. The first kappa shape index (κ1) is 14.9. The maximum atomic E-state index is 12.3. The number of carbonyl (C=O) groups excluding carboxylic acids is 1. The van der Waals surface area contributed by atoms with Crippen molar-refractivity contribution in [1.82, 2.24) is 4.57 Å². The van der Waals surface area contributed by atoms with Crippen LogP contribution in [0, 0.1) is 25.2 Å². The summed E-state index contributed by atoms with van der Waals surface area (Å²) in [6, 6.07) is 15.5. The fourth-order valence-electron chi connectivity index (χ4n) is 2.69. The van der Waals surface area contributed by atoms with Gasteiger partial charge in [-0.15, -0.1) is 0 Å². The number of nitrogens with zero attached hydrogens (tertiary/aromatic N) is 2. The number of nitrogens with one attached hydrogen (secondary N) is 1. The zero-order chi connectivity index (χ0) is 16.4. The third kappa shape index (κ3) is 3.09. The van der Waals surface area contributed by atoms with Crippen molar-refractivity contribution in [2.24, 2.45) is 0 Å². The largest absolute Gasteiger partial charge is 0.338 e. The Morgan fingerprint density at radius 2 is 2.00 bits per heavy atom. The molecule has 0 unspecified atom stereocenters. The van der Waals surface area contributed by atoms with Crippen molar-refractivity contribution in [3.05, 3.63) is 65.4 Å². The van der Waals surface area contributed by atoms with E-state index < -0.39 is 0 Å². The molecule has 4 heteroatoms. The Labute approximate surface area is 135 Å². The molecule has 0 aliphatic carbocycles. The van der Waals surface area contributed by atoms with Gasteiger partial charge in [-0.2, -0.15) is 5.26 Å². The first-order valence-corrected chi connectivity index (χ1v) is 7.43. The number of aromatic nitrogens is 1. The highest BCUT2D eigenvalue weighted by atomic mass is 16.1. The molecule has 1 aromatic heterocycles. The molecule has 3 aromatic rings. The van der Waals surface area contributed by atoms with E-state index in [1.165, 1.54) is 5.56 Å². The maximum absolute atomic E-state index is 12.3. The number of benzene rings is 2. The predicted octanol–water partition coefficient (Wildman–Crippen LogP) is 3.77. The van der Waals surface area contributed by atoms with Crippen LogP contribution in [0.1, 0.15) is 16.7 Å². The molecule has 1 N–H and O–H groups in total. The van der Waals surface area contributed by atoms with Gasteiger partial charge < -0.3 is 9.88 Å². The summed E-state index contributed by atoms with van der Waals surface area (Å²) in [7, 11) is 0. The maximum Gasteiger partial charge on any atom is 0.244 e. The number of anilines is 1. The smallest absolute Gasteiger partial charge is 0.244 e. The quantitative estimate of drug-likeness (QED) is 0.800. The molecule has 0 bridgehead atoms. The number of fused-ring (bicyclic) bond motifs is 1. The second-order valence-corrected chi connectivity index (χ2v) is 5.70. The minimum Gasteiger partial charge on any atom is -0.338 e. The average molecular weight is 303 g/mol. The van der Waals surface area contributed by atoms with Crippen molar-refractivity contribution in [3.63, 3.8) is 0 Å². The SMILES string of the molecule is Cc1ccc(NC(=O)Cn2ccc3ccc(C#N)cc32)c(C)c1. The summed E-state index contributed by atoms with van der Waals surface area (Å²) in [5, 5.41) is 13.0. The Kier molecular flexibility index (Phi) is 3.86. The predicted molar refractivity (Wildman–Crippen MR) is 91.2 cm³/mol. The van der Waals surface area contributed by atoms with Crippen LogP contribution in [0.25, 0.3) is 10.9 Å². The van der Waals surface area contributed by atoms with Gasteiger partial charge in [0.2, 0.25) is 5.91 Å². The van der Waals surface area contributed by atoms with Crippen LogP contribution in [0.5, 0.6) is 0 Å². The third-order valence-corrected chi connectivity index (χ3v) is 3.87. The van der Waals surface area contributed by atoms with E-state index in [0.717, 1.165) is 22.2 Å². The van der Waals surface area contributed by atoms with Crippen LogP contribution in [-0.2, 0) is 11.3 Å². The summed E-state index contributed by atoms with van der Waals surface area (Å²) in [6.07, 6.45) is 1.87. The summed E-state index contributed by atoms with van der Waals surface area (Å²) in [6.45, 7) is 4.22. The second kappa shape index (κ2) is 5.98. The van der Waals surface area contributed by atoms with E-state index in [4.69, 9.17) is 5.26 Å². The molecule has 0 aliphatic rings. The van der Waals surface area contributed by atoms with Gasteiger partial charge in [0, 0.05) is 17.4 Å². The first-order valence-electron chi connectivity index (χ1n) is 7.43. The minimum absolute atomic E-state index is 0.0863. The minimum atomic E-state index is -0.0863. The molecule has 0 saturated heterocycles. The number of amides is 1. The molecule has 0 aliphatic heterocycles. The number of rotatable bonds is 3. The number of nitriles is 1. The van der Waals surface area contributed by atoms with Crippen LogP contribution in [0.2, 0.25) is 0 Å². The van der Waals surface area contributed by atoms with Crippen molar-refractivity contribution in [2.75, 3.05) is 5.32 Å². The fourth-order valence-corrected chi connectivity index (χ4v) is 2.69. The van der Waals surface area contributed by atoms with Gasteiger partial charge in [-0.3, -0.25) is 4.79 Å². The van der Waals surface area contributed by atoms with Gasteiger partial charge in [0.25, 0.3) is 0 Å². The van der Waals surface area contributed by atoms with E-state index in [1.807, 2.05) is 54.9 Å². The van der Waals surface area contributed by atoms with Gasteiger partial charge in [0.05, 0.1) is 11.6 Å². The van der Waals surface area contributed by atoms with Crippen LogP contribution in [0.15, 0.2) is 48.7 Å². The molecular weight excluding hydrogens is 286 g/mol. The normalized spacial score (nSPS) is 10.5. The molecule has 1 amide bonds. The lowest BCUT2D eigenvalue weighted by molar-refractivity contribution is -0.116. The summed E-state index contributed by atoms with van der Waals surface area (Å²) in [5.74, 6) is -0.0863. The van der Waals surface area contributed by atoms with Gasteiger partial charge >= 0.3 is 0 Å². The summed E-state index contributed by atoms with van der Waals surface area (Å²) < 4.78 is 1.86. The zero-order valence-electron chi connectivity index (χ0n) is 13.1. The molecule has 0 radical (unpaired) electrons. The topological polar surface area (TPSA) is 57.8 Å².